The van der Waals surface area contributed by atoms with E-state index in [4.69, 9.17) is 9.84 Å². The summed E-state index contributed by atoms with van der Waals surface area (Å²) in [4.78, 5) is 13.0. The molecule has 2 aromatic carbocycles. The summed E-state index contributed by atoms with van der Waals surface area (Å²) in [7, 11) is 1.64. The largest absolute Gasteiger partial charge is 0.497 e. The molecular weight excluding hydrogens is 374 g/mol. The van der Waals surface area contributed by atoms with Crippen molar-refractivity contribution < 1.29 is 9.53 Å². The Labute approximate surface area is 179 Å². The Hall–Kier alpha value is -3.08. The van der Waals surface area contributed by atoms with Gasteiger partial charge in [-0.1, -0.05) is 50.5 Å². The minimum absolute atomic E-state index is 0.103. The first-order chi connectivity index (χ1) is 14.5. The summed E-state index contributed by atoms with van der Waals surface area (Å²) in [5, 5.41) is 7.87. The van der Waals surface area contributed by atoms with Gasteiger partial charge in [-0.15, -0.1) is 0 Å². The molecule has 0 radical (unpaired) electrons. The quantitative estimate of drug-likeness (QED) is 0.480. The number of hydrogen-bond acceptors (Lipinski definition) is 3. The molecule has 1 N–H and O–H groups in total. The molecule has 0 spiro atoms. The van der Waals surface area contributed by atoms with Crippen LogP contribution in [0.5, 0.6) is 5.75 Å². The van der Waals surface area contributed by atoms with Crippen molar-refractivity contribution in [1.82, 2.24) is 15.1 Å². The number of rotatable bonds is 9. The maximum Gasteiger partial charge on any atom is 0.270 e. The Morgan fingerprint density at radius 2 is 1.90 bits per heavy atom. The molecule has 1 aromatic heterocycles. The maximum absolute atomic E-state index is 13.0. The van der Waals surface area contributed by atoms with Crippen molar-refractivity contribution in [3.8, 4) is 22.7 Å². The molecule has 0 fully saturated rings. The Kier molecular flexibility index (Phi) is 7.28. The van der Waals surface area contributed by atoms with E-state index in [9.17, 15) is 4.79 Å². The van der Waals surface area contributed by atoms with E-state index in [1.54, 1.807) is 11.8 Å². The Bertz CT molecular complexity index is 1010. The van der Waals surface area contributed by atoms with Crippen LogP contribution >= 0.6 is 0 Å². The Morgan fingerprint density at radius 1 is 1.07 bits per heavy atom. The van der Waals surface area contributed by atoms with Crippen LogP contribution in [-0.4, -0.2) is 29.3 Å². The molecular formula is C25H31N3O2. The lowest BCUT2D eigenvalue weighted by atomic mass is 10.1. The van der Waals surface area contributed by atoms with E-state index >= 15 is 0 Å². The Balaban J connectivity index is 1.97. The third kappa shape index (κ3) is 5.09. The fourth-order valence-corrected chi connectivity index (χ4v) is 3.44. The molecule has 158 valence electrons. The lowest BCUT2D eigenvalue weighted by Gasteiger charge is -2.11. The molecule has 0 atom stereocenters. The van der Waals surface area contributed by atoms with Crippen LogP contribution in [0.2, 0.25) is 0 Å². The van der Waals surface area contributed by atoms with Crippen LogP contribution in [0.25, 0.3) is 16.9 Å². The summed E-state index contributed by atoms with van der Waals surface area (Å²) < 4.78 is 7.11. The molecule has 0 unspecified atom stereocenters. The van der Waals surface area contributed by atoms with E-state index in [1.807, 2.05) is 44.2 Å². The highest BCUT2D eigenvalue weighted by Crippen LogP contribution is 2.26. The fraction of sp³-hybridized carbons (Fsp3) is 0.360. The molecule has 0 aliphatic carbocycles. The monoisotopic (exact) mass is 405 g/mol. The van der Waals surface area contributed by atoms with E-state index in [2.05, 4.69) is 30.4 Å². The smallest absolute Gasteiger partial charge is 0.270 e. The number of benzene rings is 2. The van der Waals surface area contributed by atoms with Crippen molar-refractivity contribution in [3.05, 3.63) is 65.4 Å². The number of carbonyl (C=O) groups is 1. The molecule has 0 aliphatic rings. The van der Waals surface area contributed by atoms with Gasteiger partial charge in [0, 0.05) is 12.1 Å². The van der Waals surface area contributed by atoms with Gasteiger partial charge >= 0.3 is 0 Å². The fourth-order valence-electron chi connectivity index (χ4n) is 3.44. The van der Waals surface area contributed by atoms with Crippen LogP contribution in [0.4, 0.5) is 0 Å². The first-order valence-corrected chi connectivity index (χ1v) is 10.6. The van der Waals surface area contributed by atoms with Gasteiger partial charge in [0.05, 0.1) is 18.5 Å². The normalized spacial score (nSPS) is 10.8. The van der Waals surface area contributed by atoms with Crippen LogP contribution in [0.1, 0.15) is 54.2 Å². The molecule has 3 rings (SSSR count). The number of methoxy groups -OCH3 is 1. The molecule has 0 saturated carbocycles. The number of aromatic nitrogens is 2. The van der Waals surface area contributed by atoms with E-state index < -0.39 is 0 Å². The predicted octanol–water partition coefficient (Wildman–Crippen LogP) is 5.47. The van der Waals surface area contributed by atoms with Crippen molar-refractivity contribution in [2.45, 2.75) is 46.5 Å². The number of ether oxygens (including phenoxy) is 1. The number of aryl methyl sites for hydroxylation is 2. The number of nitrogens with one attached hydrogen (secondary N) is 1. The summed E-state index contributed by atoms with van der Waals surface area (Å²) in [5.41, 5.74) is 5.30. The van der Waals surface area contributed by atoms with Gasteiger partial charge in [-0.05, 0) is 55.7 Å². The van der Waals surface area contributed by atoms with Crippen LogP contribution < -0.4 is 10.1 Å². The minimum Gasteiger partial charge on any atom is -0.497 e. The van der Waals surface area contributed by atoms with Gasteiger partial charge in [0.1, 0.15) is 11.4 Å². The van der Waals surface area contributed by atoms with Gasteiger partial charge in [-0.2, -0.15) is 5.10 Å². The van der Waals surface area contributed by atoms with Crippen LogP contribution in [0, 0.1) is 13.8 Å². The number of unbranched alkanes of at least 4 members (excludes halogenated alkanes) is 3. The highest BCUT2D eigenvalue weighted by Gasteiger charge is 2.19. The summed E-state index contributed by atoms with van der Waals surface area (Å²) >= 11 is 0. The lowest BCUT2D eigenvalue weighted by Crippen LogP contribution is -2.27. The summed E-state index contributed by atoms with van der Waals surface area (Å²) in [6, 6.07) is 15.8. The van der Waals surface area contributed by atoms with Gasteiger partial charge < -0.3 is 10.1 Å². The zero-order chi connectivity index (χ0) is 21.5. The molecule has 30 heavy (non-hydrogen) atoms. The van der Waals surface area contributed by atoms with Crippen LogP contribution in [0.15, 0.2) is 48.5 Å². The molecule has 1 heterocycles. The standard InChI is InChI=1S/C25H31N3O2/c1-5-6-7-8-14-26-25(29)24-17-22(20-10-9-11-21(16-20)30-4)27-28(24)23-15-18(2)12-13-19(23)3/h9-13,15-17H,5-8,14H2,1-4H3,(H,26,29). The number of nitrogens with zero attached hydrogens (tertiary/aromatic N) is 2. The first-order valence-electron chi connectivity index (χ1n) is 10.6. The molecule has 0 aliphatic heterocycles. The molecule has 3 aromatic rings. The summed E-state index contributed by atoms with van der Waals surface area (Å²) in [6.45, 7) is 6.93. The first kappa shape index (κ1) is 21.6. The number of amides is 1. The van der Waals surface area contributed by atoms with Crippen LogP contribution in [-0.2, 0) is 0 Å². The van der Waals surface area contributed by atoms with E-state index in [0.717, 1.165) is 46.7 Å². The highest BCUT2D eigenvalue weighted by atomic mass is 16.5. The second-order valence-corrected chi connectivity index (χ2v) is 7.67. The third-order valence-corrected chi connectivity index (χ3v) is 5.22. The van der Waals surface area contributed by atoms with E-state index in [1.165, 1.54) is 12.8 Å². The van der Waals surface area contributed by atoms with Crippen molar-refractivity contribution >= 4 is 5.91 Å². The van der Waals surface area contributed by atoms with E-state index in [0.29, 0.717) is 12.2 Å². The molecule has 0 bridgehead atoms. The van der Waals surface area contributed by atoms with E-state index in [-0.39, 0.29) is 5.91 Å². The molecule has 5 heteroatoms. The summed E-state index contributed by atoms with van der Waals surface area (Å²) in [6.07, 6.45) is 4.48. The topological polar surface area (TPSA) is 56.1 Å². The van der Waals surface area contributed by atoms with Crippen molar-refractivity contribution in [2.75, 3.05) is 13.7 Å². The van der Waals surface area contributed by atoms with Gasteiger partial charge in [0.15, 0.2) is 0 Å². The second kappa shape index (κ2) is 10.1. The molecule has 5 nitrogen and oxygen atoms in total. The van der Waals surface area contributed by atoms with Crippen molar-refractivity contribution in [1.29, 1.82) is 0 Å². The van der Waals surface area contributed by atoms with Crippen LogP contribution in [0.3, 0.4) is 0 Å². The third-order valence-electron chi connectivity index (χ3n) is 5.22. The second-order valence-electron chi connectivity index (χ2n) is 7.67. The summed E-state index contributed by atoms with van der Waals surface area (Å²) in [5.74, 6) is 0.657. The SMILES string of the molecule is CCCCCCNC(=O)c1cc(-c2cccc(OC)c2)nn1-c1cc(C)ccc1C. The number of carbonyl (C=O) groups excluding carboxylic acids is 1. The zero-order valence-electron chi connectivity index (χ0n) is 18.4. The molecule has 0 saturated heterocycles. The minimum atomic E-state index is -0.103. The lowest BCUT2D eigenvalue weighted by molar-refractivity contribution is 0.0945. The maximum atomic E-state index is 13.0. The predicted molar refractivity (Wildman–Crippen MR) is 122 cm³/mol. The Morgan fingerprint density at radius 3 is 2.67 bits per heavy atom. The van der Waals surface area contributed by atoms with Gasteiger partial charge in [0.25, 0.3) is 5.91 Å². The van der Waals surface area contributed by atoms with Gasteiger partial charge in [-0.3, -0.25) is 4.79 Å². The zero-order valence-corrected chi connectivity index (χ0v) is 18.4. The average Bonchev–Trinajstić information content (AvgIpc) is 3.20. The molecule has 1 amide bonds. The van der Waals surface area contributed by atoms with Gasteiger partial charge in [0.2, 0.25) is 0 Å². The van der Waals surface area contributed by atoms with Gasteiger partial charge in [-0.25, -0.2) is 4.68 Å². The number of hydrogen-bond donors (Lipinski definition) is 1. The average molecular weight is 406 g/mol. The van der Waals surface area contributed by atoms with Crippen molar-refractivity contribution in [3.63, 3.8) is 0 Å². The highest BCUT2D eigenvalue weighted by molar-refractivity contribution is 5.94. The van der Waals surface area contributed by atoms with Crippen molar-refractivity contribution in [2.24, 2.45) is 0 Å².